The van der Waals surface area contributed by atoms with Gasteiger partial charge in [-0.3, -0.25) is 0 Å². The Hall–Kier alpha value is -2.94. The summed E-state index contributed by atoms with van der Waals surface area (Å²) in [6, 6.07) is 12.7. The molecule has 1 aromatic heterocycles. The van der Waals surface area contributed by atoms with Crippen LogP contribution in [0.4, 0.5) is 13.2 Å². The number of fused-ring (bicyclic) bond motifs is 1. The highest BCUT2D eigenvalue weighted by atomic mass is 19.4. The Balaban J connectivity index is 2.32. The van der Waals surface area contributed by atoms with Crippen LogP contribution in [0.25, 0.3) is 22.2 Å². The lowest BCUT2D eigenvalue weighted by atomic mass is 10.0. The van der Waals surface area contributed by atoms with Gasteiger partial charge in [0.15, 0.2) is 0 Å². The van der Waals surface area contributed by atoms with Crippen molar-refractivity contribution in [2.45, 2.75) is 19.6 Å². The van der Waals surface area contributed by atoms with Crippen LogP contribution in [0.15, 0.2) is 42.5 Å². The van der Waals surface area contributed by atoms with Gasteiger partial charge in [-0.15, -0.1) is 0 Å². The Morgan fingerprint density at radius 2 is 1.80 bits per heavy atom. The lowest BCUT2D eigenvalue weighted by molar-refractivity contribution is -0.137. The Bertz CT molecular complexity index is 963. The van der Waals surface area contributed by atoms with Gasteiger partial charge >= 0.3 is 6.18 Å². The highest BCUT2D eigenvalue weighted by Gasteiger charge is 2.31. The first kappa shape index (κ1) is 16.9. The number of hydrogen-bond donors (Lipinski definition) is 0. The van der Waals surface area contributed by atoms with Crippen LogP contribution >= 0.6 is 0 Å². The molecule has 1 heterocycles. The van der Waals surface area contributed by atoms with E-state index in [9.17, 15) is 18.4 Å². The number of aromatic nitrogens is 1. The molecule has 3 aromatic rings. The molecule has 25 heavy (non-hydrogen) atoms. The Morgan fingerprint density at radius 1 is 1.12 bits per heavy atom. The average Bonchev–Trinajstić information content (AvgIpc) is 2.93. The summed E-state index contributed by atoms with van der Waals surface area (Å²) in [5, 5.41) is 10.1. The van der Waals surface area contributed by atoms with Gasteiger partial charge in [-0.05, 0) is 48.9 Å². The second kappa shape index (κ2) is 6.17. The minimum atomic E-state index is -4.43. The van der Waals surface area contributed by atoms with Crippen LogP contribution in [0, 0.1) is 11.3 Å². The number of nitriles is 1. The van der Waals surface area contributed by atoms with E-state index >= 15 is 0 Å². The smallest absolute Gasteiger partial charge is 0.416 e. The molecule has 0 fully saturated rings. The number of methoxy groups -OCH3 is 1. The highest BCUT2D eigenvalue weighted by molar-refractivity contribution is 5.95. The second-order valence-electron chi connectivity index (χ2n) is 5.54. The van der Waals surface area contributed by atoms with Crippen LogP contribution in [0.5, 0.6) is 5.75 Å². The van der Waals surface area contributed by atoms with E-state index < -0.39 is 11.7 Å². The molecule has 0 saturated heterocycles. The van der Waals surface area contributed by atoms with Gasteiger partial charge in [0, 0.05) is 11.9 Å². The maximum Gasteiger partial charge on any atom is 0.416 e. The summed E-state index contributed by atoms with van der Waals surface area (Å²) in [6.07, 6.45) is -4.43. The molecule has 2 aromatic carbocycles. The maximum absolute atomic E-state index is 13.1. The molecule has 0 aliphatic carbocycles. The van der Waals surface area contributed by atoms with E-state index in [0.717, 1.165) is 17.7 Å². The zero-order chi connectivity index (χ0) is 18.2. The first-order valence-corrected chi connectivity index (χ1v) is 7.68. The minimum absolute atomic E-state index is 0.371. The van der Waals surface area contributed by atoms with Crippen molar-refractivity contribution >= 4 is 10.9 Å². The van der Waals surface area contributed by atoms with Crippen molar-refractivity contribution in [2.75, 3.05) is 7.11 Å². The molecule has 0 unspecified atom stereocenters. The van der Waals surface area contributed by atoms with Crippen molar-refractivity contribution in [1.82, 2.24) is 4.57 Å². The quantitative estimate of drug-likeness (QED) is 0.653. The number of halogens is 3. The summed E-state index contributed by atoms with van der Waals surface area (Å²) >= 11 is 0. The van der Waals surface area contributed by atoms with E-state index in [-0.39, 0.29) is 0 Å². The third-order valence-electron chi connectivity index (χ3n) is 4.18. The molecule has 0 atom stereocenters. The number of ether oxygens (including phenoxy) is 1. The molecule has 0 radical (unpaired) electrons. The highest BCUT2D eigenvalue weighted by Crippen LogP contribution is 2.37. The van der Waals surface area contributed by atoms with Crippen LogP contribution < -0.4 is 4.74 Å². The summed E-state index contributed by atoms with van der Waals surface area (Å²) < 4.78 is 46.1. The lowest BCUT2D eigenvalue weighted by Gasteiger charge is -2.10. The van der Waals surface area contributed by atoms with Crippen LogP contribution in [0.1, 0.15) is 18.1 Å². The van der Waals surface area contributed by atoms with Crippen LogP contribution in [-0.2, 0) is 12.7 Å². The summed E-state index contributed by atoms with van der Waals surface area (Å²) in [7, 11) is 1.55. The van der Waals surface area contributed by atoms with Crippen molar-refractivity contribution in [1.29, 1.82) is 5.26 Å². The van der Waals surface area contributed by atoms with Crippen molar-refractivity contribution in [3.63, 3.8) is 0 Å². The fourth-order valence-corrected chi connectivity index (χ4v) is 3.02. The largest absolute Gasteiger partial charge is 0.497 e. The summed E-state index contributed by atoms with van der Waals surface area (Å²) in [5.41, 5.74) is 1.42. The standard InChI is InChI=1S/C19H15F3N2O/c1-3-24-17-10-13(19(20,21)22)6-9-15(17)16(11-23)18(24)12-4-7-14(25-2)8-5-12/h4-10H,3H2,1-2H3. The van der Waals surface area contributed by atoms with Gasteiger partial charge in [0.1, 0.15) is 11.8 Å². The van der Waals surface area contributed by atoms with E-state index in [1.165, 1.54) is 6.07 Å². The van der Waals surface area contributed by atoms with Gasteiger partial charge < -0.3 is 9.30 Å². The molecule has 0 amide bonds. The molecule has 0 aliphatic rings. The summed E-state index contributed by atoms with van der Waals surface area (Å²) in [6.45, 7) is 2.29. The van der Waals surface area contributed by atoms with E-state index in [4.69, 9.17) is 4.74 Å². The molecule has 128 valence electrons. The predicted octanol–water partition coefficient (Wildman–Crippen LogP) is 5.23. The maximum atomic E-state index is 13.1. The van der Waals surface area contributed by atoms with Gasteiger partial charge in [-0.1, -0.05) is 6.07 Å². The fraction of sp³-hybridized carbons (Fsp3) is 0.211. The normalized spacial score (nSPS) is 11.5. The van der Waals surface area contributed by atoms with E-state index in [1.807, 2.05) is 6.92 Å². The van der Waals surface area contributed by atoms with Gasteiger partial charge in [-0.25, -0.2) is 0 Å². The van der Waals surface area contributed by atoms with Crippen LogP contribution in [-0.4, -0.2) is 11.7 Å². The number of nitrogens with zero attached hydrogens (tertiary/aromatic N) is 2. The molecule has 0 saturated carbocycles. The Morgan fingerprint density at radius 3 is 2.32 bits per heavy atom. The zero-order valence-corrected chi connectivity index (χ0v) is 13.7. The Labute approximate surface area is 142 Å². The summed E-state index contributed by atoms with van der Waals surface area (Å²) in [4.78, 5) is 0. The molecule has 3 nitrogen and oxygen atoms in total. The number of alkyl halides is 3. The number of benzene rings is 2. The number of aryl methyl sites for hydroxylation is 1. The van der Waals surface area contributed by atoms with Crippen molar-refractivity contribution in [3.05, 3.63) is 53.6 Å². The van der Waals surface area contributed by atoms with E-state index in [2.05, 4.69) is 6.07 Å². The summed E-state index contributed by atoms with van der Waals surface area (Å²) in [5.74, 6) is 0.667. The topological polar surface area (TPSA) is 38.0 Å². The fourth-order valence-electron chi connectivity index (χ4n) is 3.02. The van der Waals surface area contributed by atoms with Gasteiger partial charge in [0.2, 0.25) is 0 Å². The second-order valence-corrected chi connectivity index (χ2v) is 5.54. The predicted molar refractivity (Wildman–Crippen MR) is 89.3 cm³/mol. The molecule has 0 aliphatic heterocycles. The van der Waals surface area contributed by atoms with Crippen LogP contribution in [0.3, 0.4) is 0 Å². The third-order valence-corrected chi connectivity index (χ3v) is 4.18. The van der Waals surface area contributed by atoms with E-state index in [1.54, 1.807) is 35.9 Å². The van der Waals surface area contributed by atoms with Crippen molar-refractivity contribution in [2.24, 2.45) is 0 Å². The number of hydrogen-bond acceptors (Lipinski definition) is 2. The Kier molecular flexibility index (Phi) is 4.17. The first-order valence-electron chi connectivity index (χ1n) is 7.68. The molecule has 3 rings (SSSR count). The molecule has 0 N–H and O–H groups in total. The van der Waals surface area contributed by atoms with Crippen molar-refractivity contribution < 1.29 is 17.9 Å². The van der Waals surface area contributed by atoms with E-state index in [0.29, 0.717) is 34.5 Å². The zero-order valence-electron chi connectivity index (χ0n) is 13.7. The van der Waals surface area contributed by atoms with Gasteiger partial charge in [-0.2, -0.15) is 18.4 Å². The molecule has 6 heteroatoms. The lowest BCUT2D eigenvalue weighted by Crippen LogP contribution is -2.05. The molecule has 0 spiro atoms. The molecular weight excluding hydrogens is 329 g/mol. The SMILES string of the molecule is CCn1c(-c2ccc(OC)cc2)c(C#N)c2ccc(C(F)(F)F)cc21. The average molecular weight is 344 g/mol. The monoisotopic (exact) mass is 344 g/mol. The number of rotatable bonds is 3. The van der Waals surface area contributed by atoms with Crippen LogP contribution in [0.2, 0.25) is 0 Å². The van der Waals surface area contributed by atoms with Gasteiger partial charge in [0.25, 0.3) is 0 Å². The van der Waals surface area contributed by atoms with Crippen molar-refractivity contribution in [3.8, 4) is 23.1 Å². The third kappa shape index (κ3) is 2.82. The van der Waals surface area contributed by atoms with Gasteiger partial charge in [0.05, 0.1) is 29.4 Å². The first-order chi connectivity index (χ1) is 11.9. The minimum Gasteiger partial charge on any atom is -0.497 e. The molecule has 0 bridgehead atoms. The molecular formula is C19H15F3N2O.